The van der Waals surface area contributed by atoms with Crippen LogP contribution < -0.4 is 5.32 Å². The summed E-state index contributed by atoms with van der Waals surface area (Å²) in [5, 5.41) is 7.85. The first-order valence-corrected chi connectivity index (χ1v) is 9.24. The van der Waals surface area contributed by atoms with Gasteiger partial charge in [-0.1, -0.05) is 0 Å². The lowest BCUT2D eigenvalue weighted by molar-refractivity contribution is 0.0908. The summed E-state index contributed by atoms with van der Waals surface area (Å²) in [7, 11) is 0. The molecule has 2 aromatic rings. The zero-order valence-electron chi connectivity index (χ0n) is 15.3. The molecule has 1 atom stereocenters. The van der Waals surface area contributed by atoms with Gasteiger partial charge in [-0.15, -0.1) is 0 Å². The van der Waals surface area contributed by atoms with Gasteiger partial charge in [0.2, 0.25) is 5.76 Å². The number of carbonyl (C=O) groups is 1. The van der Waals surface area contributed by atoms with Gasteiger partial charge in [-0.2, -0.15) is 5.10 Å². The van der Waals surface area contributed by atoms with E-state index in [-0.39, 0.29) is 11.9 Å². The first-order valence-electron chi connectivity index (χ1n) is 9.24. The second-order valence-corrected chi connectivity index (χ2v) is 6.95. The van der Waals surface area contributed by atoms with Gasteiger partial charge in [0.05, 0.1) is 24.6 Å². The summed E-state index contributed by atoms with van der Waals surface area (Å²) < 4.78 is 12.9. The van der Waals surface area contributed by atoms with Crippen molar-refractivity contribution in [3.05, 3.63) is 34.8 Å². The van der Waals surface area contributed by atoms with E-state index in [9.17, 15) is 4.79 Å². The van der Waals surface area contributed by atoms with Crippen molar-refractivity contribution in [1.29, 1.82) is 0 Å². The van der Waals surface area contributed by atoms with Crippen molar-refractivity contribution in [3.63, 3.8) is 0 Å². The predicted molar refractivity (Wildman–Crippen MR) is 93.6 cm³/mol. The molecule has 4 heterocycles. The Morgan fingerprint density at radius 2 is 2.35 bits per heavy atom. The zero-order chi connectivity index (χ0) is 18.1. The highest BCUT2D eigenvalue weighted by molar-refractivity contribution is 5.92. The molecule has 1 saturated heterocycles. The minimum absolute atomic E-state index is 0.118. The van der Waals surface area contributed by atoms with E-state index in [2.05, 4.69) is 26.8 Å². The summed E-state index contributed by atoms with van der Waals surface area (Å²) in [6.07, 6.45) is 3.16. The fraction of sp³-hybridized carbons (Fsp3) is 0.611. The van der Waals surface area contributed by atoms with Crippen molar-refractivity contribution in [3.8, 4) is 0 Å². The van der Waals surface area contributed by atoms with E-state index in [4.69, 9.17) is 14.3 Å². The molecule has 0 bridgehead atoms. The summed E-state index contributed by atoms with van der Waals surface area (Å²) in [5.41, 5.74) is 4.30. The fourth-order valence-electron chi connectivity index (χ4n) is 3.84. The van der Waals surface area contributed by atoms with Crippen molar-refractivity contribution >= 4 is 5.91 Å². The third-order valence-electron chi connectivity index (χ3n) is 5.21. The maximum absolute atomic E-state index is 12.3. The fourth-order valence-corrected chi connectivity index (χ4v) is 3.84. The molecular formula is C18H25N5O3. The van der Waals surface area contributed by atoms with Crippen LogP contribution in [0, 0.1) is 6.92 Å². The standard InChI is InChI=1S/C18H25N5O3/c1-3-23-16-5-7-25-10-14(16)15(21-23)9-22-6-4-13(8-22)20-18(24)17-12(2)19-11-26-17/h11,13H,3-10H2,1-2H3,(H,20,24). The number of oxazole rings is 1. The van der Waals surface area contributed by atoms with Gasteiger partial charge < -0.3 is 14.5 Å². The smallest absolute Gasteiger partial charge is 0.289 e. The highest BCUT2D eigenvalue weighted by atomic mass is 16.5. The molecular weight excluding hydrogens is 334 g/mol. The number of rotatable bonds is 5. The van der Waals surface area contributed by atoms with Gasteiger partial charge in [-0.25, -0.2) is 4.98 Å². The zero-order valence-corrected chi connectivity index (χ0v) is 15.3. The molecule has 8 heteroatoms. The number of aromatic nitrogens is 3. The van der Waals surface area contributed by atoms with E-state index in [0.29, 0.717) is 18.1 Å². The lowest BCUT2D eigenvalue weighted by Crippen LogP contribution is -2.37. The molecule has 4 rings (SSSR count). The number of hydrogen-bond acceptors (Lipinski definition) is 6. The highest BCUT2D eigenvalue weighted by Crippen LogP contribution is 2.23. The Hall–Kier alpha value is -2.19. The third-order valence-corrected chi connectivity index (χ3v) is 5.21. The summed E-state index contributed by atoms with van der Waals surface area (Å²) in [5.74, 6) is 0.115. The molecule has 140 valence electrons. The molecule has 26 heavy (non-hydrogen) atoms. The van der Waals surface area contributed by atoms with Crippen LogP contribution in [0.3, 0.4) is 0 Å². The molecule has 0 aromatic carbocycles. The Morgan fingerprint density at radius 1 is 1.46 bits per heavy atom. The first-order chi connectivity index (χ1) is 12.7. The van der Waals surface area contributed by atoms with Crippen LogP contribution in [0.25, 0.3) is 0 Å². The molecule has 2 aliphatic heterocycles. The molecule has 2 aliphatic rings. The summed E-state index contributed by atoms with van der Waals surface area (Å²) >= 11 is 0. The number of likely N-dealkylation sites (tertiary alicyclic amines) is 1. The van der Waals surface area contributed by atoms with Crippen molar-refractivity contribution in [1.82, 2.24) is 25.0 Å². The van der Waals surface area contributed by atoms with Crippen LogP contribution in [0.15, 0.2) is 10.8 Å². The van der Waals surface area contributed by atoms with Crippen molar-refractivity contribution < 1.29 is 13.9 Å². The maximum Gasteiger partial charge on any atom is 0.289 e. The number of aryl methyl sites for hydroxylation is 2. The Balaban J connectivity index is 1.38. The number of ether oxygens (including phenoxy) is 1. The number of amides is 1. The molecule has 0 aliphatic carbocycles. The largest absolute Gasteiger partial charge is 0.438 e. The predicted octanol–water partition coefficient (Wildman–Crippen LogP) is 1.28. The Kier molecular flexibility index (Phi) is 4.78. The lowest BCUT2D eigenvalue weighted by Gasteiger charge is -2.18. The number of fused-ring (bicyclic) bond motifs is 1. The van der Waals surface area contributed by atoms with E-state index >= 15 is 0 Å². The van der Waals surface area contributed by atoms with Gasteiger partial charge in [0, 0.05) is 49.9 Å². The van der Waals surface area contributed by atoms with Gasteiger partial charge in [0.15, 0.2) is 6.39 Å². The normalized spacial score (nSPS) is 20.3. The Labute approximate surface area is 152 Å². The molecule has 8 nitrogen and oxygen atoms in total. The molecule has 2 aromatic heterocycles. The average Bonchev–Trinajstić information content (AvgIpc) is 3.35. The molecule has 1 unspecified atom stereocenters. The van der Waals surface area contributed by atoms with E-state index < -0.39 is 0 Å². The summed E-state index contributed by atoms with van der Waals surface area (Å²) in [6, 6.07) is 0.118. The minimum atomic E-state index is -0.187. The molecule has 0 radical (unpaired) electrons. The van der Waals surface area contributed by atoms with Crippen LogP contribution in [0.2, 0.25) is 0 Å². The third kappa shape index (κ3) is 3.26. The summed E-state index contributed by atoms with van der Waals surface area (Å²) in [4.78, 5) is 18.6. The number of nitrogens with zero attached hydrogens (tertiary/aromatic N) is 4. The highest BCUT2D eigenvalue weighted by Gasteiger charge is 2.28. The first kappa shape index (κ1) is 17.2. The van der Waals surface area contributed by atoms with E-state index in [1.54, 1.807) is 6.92 Å². The SMILES string of the molecule is CCn1nc(CN2CCC(NC(=O)c3ocnc3C)C2)c2c1CCOC2. The van der Waals surface area contributed by atoms with E-state index in [1.165, 1.54) is 17.7 Å². The molecule has 1 fully saturated rings. The van der Waals surface area contributed by atoms with Gasteiger partial charge in [0.1, 0.15) is 0 Å². The molecule has 0 spiro atoms. The van der Waals surface area contributed by atoms with Crippen molar-refractivity contribution in [2.45, 2.75) is 52.4 Å². The second kappa shape index (κ2) is 7.20. The molecule has 1 N–H and O–H groups in total. The monoisotopic (exact) mass is 359 g/mol. The Morgan fingerprint density at radius 3 is 3.12 bits per heavy atom. The average molecular weight is 359 g/mol. The van der Waals surface area contributed by atoms with Crippen molar-refractivity contribution in [2.75, 3.05) is 19.7 Å². The van der Waals surface area contributed by atoms with Crippen LogP contribution in [-0.4, -0.2) is 51.3 Å². The van der Waals surface area contributed by atoms with Crippen molar-refractivity contribution in [2.24, 2.45) is 0 Å². The topological polar surface area (TPSA) is 85.4 Å². The summed E-state index contributed by atoms with van der Waals surface area (Å²) in [6.45, 7) is 8.76. The molecule has 1 amide bonds. The van der Waals surface area contributed by atoms with Gasteiger partial charge in [-0.05, 0) is 20.3 Å². The molecule has 0 saturated carbocycles. The van der Waals surface area contributed by atoms with Crippen LogP contribution in [0.4, 0.5) is 0 Å². The second-order valence-electron chi connectivity index (χ2n) is 6.95. The number of hydrogen-bond donors (Lipinski definition) is 1. The van der Waals surface area contributed by atoms with Gasteiger partial charge in [-0.3, -0.25) is 14.4 Å². The quantitative estimate of drug-likeness (QED) is 0.865. The van der Waals surface area contributed by atoms with E-state index in [1.807, 2.05) is 0 Å². The number of nitrogens with one attached hydrogen (secondary N) is 1. The van der Waals surface area contributed by atoms with Gasteiger partial charge in [0.25, 0.3) is 5.91 Å². The minimum Gasteiger partial charge on any atom is -0.438 e. The van der Waals surface area contributed by atoms with Crippen LogP contribution in [0.1, 0.15) is 46.5 Å². The maximum atomic E-state index is 12.3. The van der Waals surface area contributed by atoms with Gasteiger partial charge >= 0.3 is 0 Å². The van der Waals surface area contributed by atoms with Crippen LogP contribution >= 0.6 is 0 Å². The van der Waals surface area contributed by atoms with E-state index in [0.717, 1.165) is 51.3 Å². The van der Waals surface area contributed by atoms with Crippen LogP contribution in [0.5, 0.6) is 0 Å². The lowest BCUT2D eigenvalue weighted by atomic mass is 10.1. The number of carbonyl (C=O) groups excluding carboxylic acids is 1. The van der Waals surface area contributed by atoms with Crippen LogP contribution in [-0.2, 0) is 30.9 Å². The Bertz CT molecular complexity index is 797.